The van der Waals surface area contributed by atoms with E-state index in [4.69, 9.17) is 0 Å². The molecular formula is C11H23NO2S. The Labute approximate surface area is 93.6 Å². The third-order valence-electron chi connectivity index (χ3n) is 3.10. The van der Waals surface area contributed by atoms with E-state index in [9.17, 15) is 8.42 Å². The van der Waals surface area contributed by atoms with Gasteiger partial charge in [0.25, 0.3) is 0 Å². The van der Waals surface area contributed by atoms with Gasteiger partial charge in [-0.25, -0.2) is 8.42 Å². The van der Waals surface area contributed by atoms with Gasteiger partial charge < -0.3 is 5.32 Å². The van der Waals surface area contributed by atoms with Gasteiger partial charge in [-0.3, -0.25) is 0 Å². The third kappa shape index (κ3) is 6.15. The summed E-state index contributed by atoms with van der Waals surface area (Å²) in [6, 6.07) is 1.24. The molecule has 2 atom stereocenters. The Kier molecular flexibility index (Phi) is 4.59. The van der Waals surface area contributed by atoms with Crippen molar-refractivity contribution in [3.05, 3.63) is 0 Å². The van der Waals surface area contributed by atoms with Gasteiger partial charge in [0.1, 0.15) is 9.84 Å². The molecule has 1 fully saturated rings. The average Bonchev–Trinajstić information content (AvgIpc) is 2.85. The second kappa shape index (κ2) is 5.30. The van der Waals surface area contributed by atoms with Crippen molar-refractivity contribution in [2.24, 2.45) is 5.92 Å². The molecule has 0 aromatic rings. The highest BCUT2D eigenvalue weighted by Gasteiger charge is 2.24. The molecule has 0 radical (unpaired) electrons. The van der Waals surface area contributed by atoms with Gasteiger partial charge in [-0.1, -0.05) is 6.92 Å². The standard InChI is InChI=1S/C11H23NO2S/c1-9(5-4-8-15(3,13)14)10(2)12-11-6-7-11/h9-12H,4-8H2,1-3H3. The molecule has 4 heteroatoms. The third-order valence-corrected chi connectivity index (χ3v) is 4.13. The Hall–Kier alpha value is -0.0900. The van der Waals surface area contributed by atoms with Crippen LogP contribution in [0.3, 0.4) is 0 Å². The van der Waals surface area contributed by atoms with Crippen molar-refractivity contribution < 1.29 is 8.42 Å². The molecule has 1 N–H and O–H groups in total. The molecule has 0 heterocycles. The minimum Gasteiger partial charge on any atom is -0.311 e. The maximum Gasteiger partial charge on any atom is 0.147 e. The van der Waals surface area contributed by atoms with E-state index in [2.05, 4.69) is 19.2 Å². The maximum atomic E-state index is 11.0. The SMILES string of the molecule is CC(CCCS(C)(=O)=O)C(C)NC1CC1. The highest BCUT2D eigenvalue weighted by Crippen LogP contribution is 2.22. The lowest BCUT2D eigenvalue weighted by molar-refractivity contribution is 0.374. The van der Waals surface area contributed by atoms with Crippen LogP contribution in [0.25, 0.3) is 0 Å². The minimum atomic E-state index is -2.78. The first kappa shape index (κ1) is 13.0. The number of hydrogen-bond donors (Lipinski definition) is 1. The lowest BCUT2D eigenvalue weighted by atomic mass is 9.98. The zero-order chi connectivity index (χ0) is 11.5. The Morgan fingerprint density at radius 3 is 2.40 bits per heavy atom. The van der Waals surface area contributed by atoms with Crippen molar-refractivity contribution >= 4 is 9.84 Å². The molecule has 1 saturated carbocycles. The molecule has 0 aliphatic heterocycles. The Morgan fingerprint density at radius 1 is 1.33 bits per heavy atom. The predicted molar refractivity (Wildman–Crippen MR) is 63.7 cm³/mol. The molecule has 0 aromatic heterocycles. The Morgan fingerprint density at radius 2 is 1.93 bits per heavy atom. The quantitative estimate of drug-likeness (QED) is 0.726. The van der Waals surface area contributed by atoms with Crippen LogP contribution in [-0.4, -0.2) is 32.5 Å². The molecule has 0 spiro atoms. The zero-order valence-electron chi connectivity index (χ0n) is 9.99. The van der Waals surface area contributed by atoms with E-state index in [1.807, 2.05) is 0 Å². The van der Waals surface area contributed by atoms with Crippen LogP contribution in [0.1, 0.15) is 39.5 Å². The normalized spacial score (nSPS) is 21.3. The summed E-state index contributed by atoms with van der Waals surface area (Å²) in [6.07, 6.45) is 5.70. The van der Waals surface area contributed by atoms with Gasteiger partial charge in [-0.05, 0) is 38.5 Å². The summed E-state index contributed by atoms with van der Waals surface area (Å²) >= 11 is 0. The fourth-order valence-corrected chi connectivity index (χ4v) is 2.39. The highest BCUT2D eigenvalue weighted by molar-refractivity contribution is 7.90. The van der Waals surface area contributed by atoms with E-state index in [0.29, 0.717) is 17.7 Å². The minimum absolute atomic E-state index is 0.327. The van der Waals surface area contributed by atoms with E-state index in [-0.39, 0.29) is 0 Å². The van der Waals surface area contributed by atoms with Gasteiger partial charge in [-0.15, -0.1) is 0 Å². The number of sulfone groups is 1. The largest absolute Gasteiger partial charge is 0.311 e. The van der Waals surface area contributed by atoms with Gasteiger partial charge in [0.05, 0.1) is 0 Å². The van der Waals surface area contributed by atoms with E-state index >= 15 is 0 Å². The first-order valence-corrected chi connectivity index (χ1v) is 7.88. The van der Waals surface area contributed by atoms with Crippen molar-refractivity contribution in [2.45, 2.75) is 51.6 Å². The van der Waals surface area contributed by atoms with Crippen molar-refractivity contribution in [2.75, 3.05) is 12.0 Å². The fraction of sp³-hybridized carbons (Fsp3) is 1.00. The number of nitrogens with one attached hydrogen (secondary N) is 1. The average molecular weight is 233 g/mol. The molecule has 0 aromatic carbocycles. The lowest BCUT2D eigenvalue weighted by Crippen LogP contribution is -2.33. The van der Waals surface area contributed by atoms with Crippen LogP contribution in [0, 0.1) is 5.92 Å². The molecule has 3 nitrogen and oxygen atoms in total. The van der Waals surface area contributed by atoms with Crippen molar-refractivity contribution in [1.82, 2.24) is 5.32 Å². The van der Waals surface area contributed by atoms with Crippen LogP contribution < -0.4 is 5.32 Å². The summed E-state index contributed by atoms with van der Waals surface area (Å²) in [5.41, 5.74) is 0. The van der Waals surface area contributed by atoms with Gasteiger partial charge in [-0.2, -0.15) is 0 Å². The molecule has 15 heavy (non-hydrogen) atoms. The highest BCUT2D eigenvalue weighted by atomic mass is 32.2. The van der Waals surface area contributed by atoms with Crippen LogP contribution in [-0.2, 0) is 9.84 Å². The van der Waals surface area contributed by atoms with E-state index in [0.717, 1.165) is 18.9 Å². The first-order valence-electron chi connectivity index (χ1n) is 5.82. The van der Waals surface area contributed by atoms with Crippen LogP contribution in [0.4, 0.5) is 0 Å². The molecule has 1 aliphatic rings. The zero-order valence-corrected chi connectivity index (χ0v) is 10.8. The summed E-state index contributed by atoms with van der Waals surface area (Å²) in [6.45, 7) is 4.39. The van der Waals surface area contributed by atoms with Gasteiger partial charge >= 0.3 is 0 Å². The molecule has 0 saturated heterocycles. The van der Waals surface area contributed by atoms with E-state index < -0.39 is 9.84 Å². The Balaban J connectivity index is 2.13. The van der Waals surface area contributed by atoms with Gasteiger partial charge in [0.15, 0.2) is 0 Å². The van der Waals surface area contributed by atoms with Crippen LogP contribution >= 0.6 is 0 Å². The van der Waals surface area contributed by atoms with E-state index in [1.165, 1.54) is 19.1 Å². The van der Waals surface area contributed by atoms with Crippen LogP contribution in [0.5, 0.6) is 0 Å². The molecule has 1 aliphatic carbocycles. The summed E-state index contributed by atoms with van der Waals surface area (Å²) in [5.74, 6) is 0.889. The van der Waals surface area contributed by atoms with Crippen molar-refractivity contribution in [3.8, 4) is 0 Å². The van der Waals surface area contributed by atoms with E-state index in [1.54, 1.807) is 0 Å². The molecule has 2 unspecified atom stereocenters. The topological polar surface area (TPSA) is 46.2 Å². The monoisotopic (exact) mass is 233 g/mol. The smallest absolute Gasteiger partial charge is 0.147 e. The maximum absolute atomic E-state index is 11.0. The molecule has 1 rings (SSSR count). The number of rotatable bonds is 7. The predicted octanol–water partition coefficient (Wildman–Crippen LogP) is 1.59. The van der Waals surface area contributed by atoms with Gasteiger partial charge in [0.2, 0.25) is 0 Å². The second-order valence-electron chi connectivity index (χ2n) is 4.98. The fourth-order valence-electron chi connectivity index (χ4n) is 1.70. The van der Waals surface area contributed by atoms with Crippen molar-refractivity contribution in [3.63, 3.8) is 0 Å². The molecule has 0 bridgehead atoms. The number of hydrogen-bond acceptors (Lipinski definition) is 3. The molecular weight excluding hydrogens is 210 g/mol. The lowest BCUT2D eigenvalue weighted by Gasteiger charge is -2.21. The second-order valence-corrected chi connectivity index (χ2v) is 7.24. The van der Waals surface area contributed by atoms with Crippen LogP contribution in [0.2, 0.25) is 0 Å². The summed E-state index contributed by atoms with van der Waals surface area (Å²) in [5, 5.41) is 3.55. The summed E-state index contributed by atoms with van der Waals surface area (Å²) in [4.78, 5) is 0. The van der Waals surface area contributed by atoms with Crippen molar-refractivity contribution in [1.29, 1.82) is 0 Å². The Bertz CT molecular complexity index is 283. The molecule has 90 valence electrons. The summed E-state index contributed by atoms with van der Waals surface area (Å²) in [7, 11) is -2.78. The molecule has 0 amide bonds. The summed E-state index contributed by atoms with van der Waals surface area (Å²) < 4.78 is 21.9. The first-order chi connectivity index (χ1) is 6.88. The van der Waals surface area contributed by atoms with Crippen LogP contribution in [0.15, 0.2) is 0 Å². The van der Waals surface area contributed by atoms with Gasteiger partial charge in [0, 0.05) is 24.1 Å².